The Morgan fingerprint density at radius 2 is 1.43 bits per heavy atom. The summed E-state index contributed by atoms with van der Waals surface area (Å²) in [5, 5.41) is 0.731. The number of hydrogen-bond acceptors (Lipinski definition) is 5. The third kappa shape index (κ3) is 5.96. The van der Waals surface area contributed by atoms with Gasteiger partial charge in [0.2, 0.25) is 0 Å². The van der Waals surface area contributed by atoms with E-state index in [1.54, 1.807) is 6.07 Å². The first kappa shape index (κ1) is 22.2. The van der Waals surface area contributed by atoms with Gasteiger partial charge in [-0.25, -0.2) is 0 Å². The molecular formula is C21H23Cl2NO4. The molecule has 0 N–H and O–H groups in total. The van der Waals surface area contributed by atoms with Crippen LogP contribution in [-0.2, 0) is 22.7 Å². The predicted octanol–water partition coefficient (Wildman–Crippen LogP) is 5.09. The maximum Gasteiger partial charge on any atom is 0.308 e. The van der Waals surface area contributed by atoms with Crippen molar-refractivity contribution in [3.8, 4) is 11.5 Å². The highest BCUT2D eigenvalue weighted by atomic mass is 35.5. The minimum absolute atomic E-state index is 0.276. The molecule has 0 aliphatic carbocycles. The number of rotatable bonds is 6. The van der Waals surface area contributed by atoms with Gasteiger partial charge in [0.1, 0.15) is 5.75 Å². The molecule has 7 heteroatoms. The molecule has 0 saturated heterocycles. The second-order valence-corrected chi connectivity index (χ2v) is 7.65. The summed E-state index contributed by atoms with van der Waals surface area (Å²) in [6.45, 7) is 7.53. The maximum atomic E-state index is 11.5. The molecule has 28 heavy (non-hydrogen) atoms. The van der Waals surface area contributed by atoms with E-state index in [0.29, 0.717) is 35.2 Å². The van der Waals surface area contributed by atoms with Gasteiger partial charge in [0.15, 0.2) is 5.75 Å². The van der Waals surface area contributed by atoms with Crippen molar-refractivity contribution in [3.05, 3.63) is 56.6 Å². The van der Waals surface area contributed by atoms with Crippen molar-refractivity contribution < 1.29 is 19.1 Å². The quantitative estimate of drug-likeness (QED) is 0.478. The second-order valence-electron chi connectivity index (χ2n) is 6.81. The van der Waals surface area contributed by atoms with Crippen LogP contribution in [0.3, 0.4) is 0 Å². The number of hydrogen-bond donors (Lipinski definition) is 0. The summed E-state index contributed by atoms with van der Waals surface area (Å²) in [4.78, 5) is 24.9. The summed E-state index contributed by atoms with van der Waals surface area (Å²) < 4.78 is 10.7. The number of nitrogens with zero attached hydrogens (tertiary/aromatic N) is 1. The van der Waals surface area contributed by atoms with Crippen molar-refractivity contribution >= 4 is 35.1 Å². The highest BCUT2D eigenvalue weighted by Crippen LogP contribution is 2.34. The van der Waals surface area contributed by atoms with Crippen molar-refractivity contribution in [1.82, 2.24) is 4.90 Å². The fourth-order valence-electron chi connectivity index (χ4n) is 3.08. The Kier molecular flexibility index (Phi) is 7.47. The fraction of sp³-hybridized carbons (Fsp3) is 0.333. The van der Waals surface area contributed by atoms with E-state index in [9.17, 15) is 9.59 Å². The number of halogens is 2. The lowest BCUT2D eigenvalue weighted by Crippen LogP contribution is -2.20. The lowest BCUT2D eigenvalue weighted by Gasteiger charge is -2.21. The van der Waals surface area contributed by atoms with Crippen molar-refractivity contribution in [2.45, 2.75) is 40.8 Å². The summed E-state index contributed by atoms with van der Waals surface area (Å²) >= 11 is 12.3. The van der Waals surface area contributed by atoms with Gasteiger partial charge in [0.25, 0.3) is 0 Å². The van der Waals surface area contributed by atoms with Crippen LogP contribution in [-0.4, -0.2) is 23.9 Å². The Morgan fingerprint density at radius 3 is 2.00 bits per heavy atom. The SMILES string of the molecule is CC(=O)Oc1c(C)cc(C)cc1CN(C)Cc1cc(Cl)cc(Cl)c1OC(C)=O. The Balaban J connectivity index is 2.31. The van der Waals surface area contributed by atoms with Gasteiger partial charge in [-0.1, -0.05) is 40.9 Å². The van der Waals surface area contributed by atoms with Crippen molar-refractivity contribution in [1.29, 1.82) is 0 Å². The van der Waals surface area contributed by atoms with Crippen LogP contribution in [0.4, 0.5) is 0 Å². The van der Waals surface area contributed by atoms with E-state index in [1.165, 1.54) is 19.9 Å². The molecule has 5 nitrogen and oxygen atoms in total. The van der Waals surface area contributed by atoms with Crippen LogP contribution in [0.2, 0.25) is 10.0 Å². The summed E-state index contributed by atoms with van der Waals surface area (Å²) in [7, 11) is 1.90. The fourth-order valence-corrected chi connectivity index (χ4v) is 3.65. The smallest absolute Gasteiger partial charge is 0.308 e. The molecule has 0 bridgehead atoms. The normalized spacial score (nSPS) is 10.9. The third-order valence-electron chi connectivity index (χ3n) is 3.95. The van der Waals surface area contributed by atoms with Crippen LogP contribution in [0.5, 0.6) is 11.5 Å². The molecule has 0 atom stereocenters. The molecule has 0 aromatic heterocycles. The largest absolute Gasteiger partial charge is 0.426 e. The average Bonchev–Trinajstić information content (AvgIpc) is 2.53. The molecule has 0 saturated carbocycles. The van der Waals surface area contributed by atoms with Gasteiger partial charge in [-0.15, -0.1) is 0 Å². The molecule has 0 heterocycles. The number of ether oxygens (including phenoxy) is 2. The van der Waals surface area contributed by atoms with Crippen LogP contribution in [0, 0.1) is 13.8 Å². The average molecular weight is 424 g/mol. The Bertz CT molecular complexity index is 838. The summed E-state index contributed by atoms with van der Waals surface area (Å²) in [6, 6.07) is 7.21. The highest BCUT2D eigenvalue weighted by molar-refractivity contribution is 6.35. The maximum absolute atomic E-state index is 11.5. The van der Waals surface area contributed by atoms with Crippen molar-refractivity contribution in [2.75, 3.05) is 7.05 Å². The first-order valence-electron chi connectivity index (χ1n) is 8.70. The molecule has 150 valence electrons. The zero-order valence-corrected chi connectivity index (χ0v) is 18.1. The van der Waals surface area contributed by atoms with E-state index in [1.807, 2.05) is 37.9 Å². The monoisotopic (exact) mass is 423 g/mol. The van der Waals surface area contributed by atoms with Crippen LogP contribution in [0.1, 0.15) is 36.1 Å². The van der Waals surface area contributed by atoms with Gasteiger partial charge in [0, 0.05) is 43.1 Å². The zero-order valence-electron chi connectivity index (χ0n) is 16.6. The number of esters is 2. The Labute approximate surface area is 175 Å². The number of benzene rings is 2. The van der Waals surface area contributed by atoms with Crippen LogP contribution < -0.4 is 9.47 Å². The van der Waals surface area contributed by atoms with E-state index >= 15 is 0 Å². The van der Waals surface area contributed by atoms with Gasteiger partial charge in [-0.3, -0.25) is 14.5 Å². The Morgan fingerprint density at radius 1 is 0.893 bits per heavy atom. The standard InChI is InChI=1S/C21H23Cl2NO4/c1-12-6-13(2)20(27-14(3)25)16(7-12)10-24(5)11-17-8-18(22)9-19(23)21(17)28-15(4)26/h6-9H,10-11H2,1-5H3. The lowest BCUT2D eigenvalue weighted by molar-refractivity contribution is -0.132. The van der Waals surface area contributed by atoms with Gasteiger partial charge in [0.05, 0.1) is 5.02 Å². The van der Waals surface area contributed by atoms with Crippen molar-refractivity contribution in [2.24, 2.45) is 0 Å². The summed E-state index contributed by atoms with van der Waals surface area (Å²) in [6.07, 6.45) is 0. The van der Waals surface area contributed by atoms with E-state index in [4.69, 9.17) is 32.7 Å². The molecular weight excluding hydrogens is 401 g/mol. The topological polar surface area (TPSA) is 55.8 Å². The highest BCUT2D eigenvalue weighted by Gasteiger charge is 2.17. The molecule has 0 spiro atoms. The van der Waals surface area contributed by atoms with E-state index in [2.05, 4.69) is 0 Å². The van der Waals surface area contributed by atoms with Gasteiger partial charge < -0.3 is 9.47 Å². The zero-order chi connectivity index (χ0) is 21.0. The van der Waals surface area contributed by atoms with Crippen LogP contribution in [0.25, 0.3) is 0 Å². The van der Waals surface area contributed by atoms with Crippen LogP contribution >= 0.6 is 23.2 Å². The molecule has 2 rings (SSSR count). The van der Waals surface area contributed by atoms with Gasteiger partial charge in [-0.2, -0.15) is 0 Å². The molecule has 0 unspecified atom stereocenters. The van der Waals surface area contributed by atoms with Gasteiger partial charge in [-0.05, 0) is 38.6 Å². The molecule has 0 amide bonds. The van der Waals surface area contributed by atoms with E-state index in [-0.39, 0.29) is 11.0 Å². The Hall–Kier alpha value is -2.08. The van der Waals surface area contributed by atoms with Crippen molar-refractivity contribution in [3.63, 3.8) is 0 Å². The molecule has 2 aromatic rings. The summed E-state index contributed by atoms with van der Waals surface area (Å²) in [5.41, 5.74) is 3.54. The van der Waals surface area contributed by atoms with Crippen LogP contribution in [0.15, 0.2) is 24.3 Å². The minimum Gasteiger partial charge on any atom is -0.426 e. The molecule has 0 radical (unpaired) electrons. The number of carbonyl (C=O) groups is 2. The lowest BCUT2D eigenvalue weighted by atomic mass is 10.0. The number of carbonyl (C=O) groups excluding carboxylic acids is 2. The minimum atomic E-state index is -0.459. The molecule has 0 fully saturated rings. The predicted molar refractivity (Wildman–Crippen MR) is 110 cm³/mol. The molecule has 0 aliphatic heterocycles. The van der Waals surface area contributed by atoms with E-state index < -0.39 is 5.97 Å². The van der Waals surface area contributed by atoms with Gasteiger partial charge >= 0.3 is 11.9 Å². The second kappa shape index (κ2) is 9.41. The summed E-state index contributed by atoms with van der Waals surface area (Å²) in [5.74, 6) is 0.0366. The first-order chi connectivity index (χ1) is 13.1. The molecule has 2 aromatic carbocycles. The third-order valence-corrected chi connectivity index (χ3v) is 4.45. The first-order valence-corrected chi connectivity index (χ1v) is 9.45. The number of aryl methyl sites for hydroxylation is 2. The molecule has 0 aliphatic rings. The van der Waals surface area contributed by atoms with E-state index in [0.717, 1.165) is 16.7 Å².